The summed E-state index contributed by atoms with van der Waals surface area (Å²) in [5.74, 6) is -1.69. The molecule has 1 amide bonds. The highest BCUT2D eigenvalue weighted by Crippen LogP contribution is 2.23. The number of carbonyl (C=O) groups excluding carboxylic acids is 1. The van der Waals surface area contributed by atoms with Crippen molar-refractivity contribution in [1.29, 1.82) is 0 Å². The van der Waals surface area contributed by atoms with Crippen molar-refractivity contribution < 1.29 is 28.2 Å². The van der Waals surface area contributed by atoms with Crippen LogP contribution in [-0.2, 0) is 9.53 Å². The Morgan fingerprint density at radius 3 is 2.70 bits per heavy atom. The third kappa shape index (κ3) is 5.15. The molecule has 2 aliphatic heterocycles. The van der Waals surface area contributed by atoms with Crippen molar-refractivity contribution in [3.8, 4) is 5.75 Å². The number of likely N-dealkylation sites (tertiary alicyclic amines) is 1. The van der Waals surface area contributed by atoms with E-state index in [0.29, 0.717) is 32.8 Å². The van der Waals surface area contributed by atoms with Gasteiger partial charge in [0.1, 0.15) is 18.0 Å². The Morgan fingerprint density at radius 1 is 1.30 bits per heavy atom. The van der Waals surface area contributed by atoms with Crippen LogP contribution < -0.4 is 4.74 Å². The van der Waals surface area contributed by atoms with Gasteiger partial charge in [0, 0.05) is 45.2 Å². The standard InChI is InChI=1S/C19H26F2N2O4/c1-14(24)22-6-4-15(5-7-22)23-8-9-26-12-19(25,11-23)13-27-16-2-3-17(20)18(21)10-16/h2-3,10,15,25H,4-9,11-13H2,1H3/t19-/m0/s1. The fraction of sp³-hybridized carbons (Fsp3) is 0.632. The molecule has 150 valence electrons. The van der Waals surface area contributed by atoms with Gasteiger partial charge in [0.2, 0.25) is 5.91 Å². The predicted molar refractivity (Wildman–Crippen MR) is 94.5 cm³/mol. The molecule has 1 aromatic rings. The molecule has 1 N–H and O–H groups in total. The monoisotopic (exact) mass is 384 g/mol. The summed E-state index contributed by atoms with van der Waals surface area (Å²) in [4.78, 5) is 15.5. The van der Waals surface area contributed by atoms with Crippen LogP contribution in [0, 0.1) is 11.6 Å². The lowest BCUT2D eigenvalue weighted by atomic mass is 9.99. The molecule has 8 heteroatoms. The number of β-amino-alcohol motifs (C(OH)–C–C–N with tert-alkyl or cyclic N) is 1. The zero-order chi connectivity index (χ0) is 19.4. The normalized spacial score (nSPS) is 25.3. The maximum atomic E-state index is 13.3. The Morgan fingerprint density at radius 2 is 2.04 bits per heavy atom. The molecule has 0 spiro atoms. The molecule has 0 radical (unpaired) electrons. The van der Waals surface area contributed by atoms with Gasteiger partial charge in [-0.15, -0.1) is 0 Å². The first kappa shape index (κ1) is 20.0. The van der Waals surface area contributed by atoms with E-state index in [1.165, 1.54) is 6.07 Å². The summed E-state index contributed by atoms with van der Waals surface area (Å²) in [5, 5.41) is 11.0. The van der Waals surface area contributed by atoms with Gasteiger partial charge in [-0.1, -0.05) is 0 Å². The maximum absolute atomic E-state index is 13.3. The Hall–Kier alpha value is -1.77. The molecule has 0 bridgehead atoms. The SMILES string of the molecule is CC(=O)N1CCC(N2CCOC[C@](O)(COc3ccc(F)c(F)c3)C2)CC1. The Bertz CT molecular complexity index is 667. The molecule has 0 unspecified atom stereocenters. The number of carbonyl (C=O) groups is 1. The zero-order valence-electron chi connectivity index (χ0n) is 15.5. The number of aliphatic hydroxyl groups is 1. The lowest BCUT2D eigenvalue weighted by molar-refractivity contribution is -0.130. The highest BCUT2D eigenvalue weighted by atomic mass is 19.2. The smallest absolute Gasteiger partial charge is 0.219 e. The molecule has 1 aromatic carbocycles. The Balaban J connectivity index is 1.59. The van der Waals surface area contributed by atoms with E-state index in [4.69, 9.17) is 9.47 Å². The zero-order valence-corrected chi connectivity index (χ0v) is 15.5. The van der Waals surface area contributed by atoms with E-state index in [2.05, 4.69) is 4.90 Å². The van der Waals surface area contributed by atoms with Crippen molar-refractivity contribution in [1.82, 2.24) is 9.80 Å². The number of nitrogens with zero attached hydrogens (tertiary/aromatic N) is 2. The number of hydrogen-bond acceptors (Lipinski definition) is 5. The minimum absolute atomic E-state index is 0.0825. The second-order valence-electron chi connectivity index (χ2n) is 7.35. The summed E-state index contributed by atoms with van der Waals surface area (Å²) >= 11 is 0. The molecule has 1 atom stereocenters. The molecule has 2 saturated heterocycles. The molecule has 0 aliphatic carbocycles. The van der Waals surface area contributed by atoms with Gasteiger partial charge in [0.15, 0.2) is 11.6 Å². The van der Waals surface area contributed by atoms with Crippen LogP contribution in [0.4, 0.5) is 8.78 Å². The second-order valence-corrected chi connectivity index (χ2v) is 7.35. The first-order valence-corrected chi connectivity index (χ1v) is 9.24. The van der Waals surface area contributed by atoms with E-state index in [1.807, 2.05) is 4.90 Å². The van der Waals surface area contributed by atoms with Gasteiger partial charge in [-0.25, -0.2) is 8.78 Å². The van der Waals surface area contributed by atoms with Crippen molar-refractivity contribution in [3.05, 3.63) is 29.8 Å². The first-order valence-electron chi connectivity index (χ1n) is 9.24. The van der Waals surface area contributed by atoms with Crippen molar-refractivity contribution in [2.75, 3.05) is 46.0 Å². The lowest BCUT2D eigenvalue weighted by Crippen LogP contribution is -2.53. The molecule has 6 nitrogen and oxygen atoms in total. The van der Waals surface area contributed by atoms with Crippen LogP contribution in [0.3, 0.4) is 0 Å². The van der Waals surface area contributed by atoms with Crippen molar-refractivity contribution in [2.45, 2.75) is 31.4 Å². The highest BCUT2D eigenvalue weighted by molar-refractivity contribution is 5.73. The lowest BCUT2D eigenvalue weighted by Gasteiger charge is -2.40. The van der Waals surface area contributed by atoms with Gasteiger partial charge in [-0.2, -0.15) is 0 Å². The van der Waals surface area contributed by atoms with E-state index in [-0.39, 0.29) is 30.9 Å². The fourth-order valence-corrected chi connectivity index (χ4v) is 3.68. The number of amides is 1. The van der Waals surface area contributed by atoms with Crippen LogP contribution in [0.1, 0.15) is 19.8 Å². The summed E-state index contributed by atoms with van der Waals surface area (Å²) in [6.45, 7) is 4.58. The maximum Gasteiger partial charge on any atom is 0.219 e. The summed E-state index contributed by atoms with van der Waals surface area (Å²) in [5.41, 5.74) is -1.25. The third-order valence-corrected chi connectivity index (χ3v) is 5.22. The average molecular weight is 384 g/mol. The van der Waals surface area contributed by atoms with E-state index in [0.717, 1.165) is 25.0 Å². The van der Waals surface area contributed by atoms with Gasteiger partial charge in [-0.3, -0.25) is 9.69 Å². The van der Waals surface area contributed by atoms with Gasteiger partial charge in [0.25, 0.3) is 0 Å². The molecular weight excluding hydrogens is 358 g/mol. The number of benzene rings is 1. The van der Waals surface area contributed by atoms with Gasteiger partial charge >= 0.3 is 0 Å². The second kappa shape index (κ2) is 8.50. The van der Waals surface area contributed by atoms with E-state index >= 15 is 0 Å². The summed E-state index contributed by atoms with van der Waals surface area (Å²) in [6.07, 6.45) is 1.69. The molecule has 0 aromatic heterocycles. The highest BCUT2D eigenvalue weighted by Gasteiger charge is 2.37. The fourth-order valence-electron chi connectivity index (χ4n) is 3.68. The Kier molecular flexibility index (Phi) is 6.29. The number of hydrogen-bond donors (Lipinski definition) is 1. The van der Waals surface area contributed by atoms with E-state index in [1.54, 1.807) is 6.92 Å². The third-order valence-electron chi connectivity index (χ3n) is 5.22. The topological polar surface area (TPSA) is 62.2 Å². The van der Waals surface area contributed by atoms with Crippen LogP contribution >= 0.6 is 0 Å². The van der Waals surface area contributed by atoms with Crippen molar-refractivity contribution in [2.24, 2.45) is 0 Å². The van der Waals surface area contributed by atoms with Crippen LogP contribution in [-0.4, -0.2) is 78.5 Å². The van der Waals surface area contributed by atoms with Gasteiger partial charge < -0.3 is 19.5 Å². The van der Waals surface area contributed by atoms with Crippen LogP contribution in [0.5, 0.6) is 5.75 Å². The largest absolute Gasteiger partial charge is 0.490 e. The van der Waals surface area contributed by atoms with Crippen molar-refractivity contribution in [3.63, 3.8) is 0 Å². The van der Waals surface area contributed by atoms with Crippen LogP contribution in [0.25, 0.3) is 0 Å². The predicted octanol–water partition coefficient (Wildman–Crippen LogP) is 1.42. The minimum atomic E-state index is -1.25. The first-order chi connectivity index (χ1) is 12.9. The Labute approximate surface area is 157 Å². The average Bonchev–Trinajstić information content (AvgIpc) is 2.85. The molecule has 2 aliphatic rings. The summed E-state index contributed by atoms with van der Waals surface area (Å²) in [7, 11) is 0. The van der Waals surface area contributed by atoms with Crippen LogP contribution in [0.2, 0.25) is 0 Å². The molecule has 0 saturated carbocycles. The van der Waals surface area contributed by atoms with E-state index < -0.39 is 17.2 Å². The van der Waals surface area contributed by atoms with Crippen LogP contribution in [0.15, 0.2) is 18.2 Å². The number of piperidine rings is 1. The van der Waals surface area contributed by atoms with Gasteiger partial charge in [0.05, 0.1) is 13.2 Å². The van der Waals surface area contributed by atoms with Crippen molar-refractivity contribution >= 4 is 5.91 Å². The van der Waals surface area contributed by atoms with Gasteiger partial charge in [-0.05, 0) is 25.0 Å². The minimum Gasteiger partial charge on any atom is -0.490 e. The molecular formula is C19H26F2N2O4. The molecule has 27 heavy (non-hydrogen) atoms. The molecule has 2 heterocycles. The molecule has 2 fully saturated rings. The molecule has 3 rings (SSSR count). The number of halogens is 2. The quantitative estimate of drug-likeness (QED) is 0.851. The summed E-state index contributed by atoms with van der Waals surface area (Å²) in [6, 6.07) is 3.55. The number of rotatable bonds is 4. The summed E-state index contributed by atoms with van der Waals surface area (Å²) < 4.78 is 37.4. The van der Waals surface area contributed by atoms with E-state index in [9.17, 15) is 18.7 Å². The number of ether oxygens (including phenoxy) is 2.